The third-order valence-corrected chi connectivity index (χ3v) is 2.26. The molecule has 16 heavy (non-hydrogen) atoms. The molecule has 1 heterocycles. The van der Waals surface area contributed by atoms with E-state index in [1.54, 1.807) is 12.1 Å². The van der Waals surface area contributed by atoms with Crippen molar-refractivity contribution in [1.82, 2.24) is 9.97 Å². The molecule has 0 amide bonds. The number of methoxy groups -OCH3 is 2. The fourth-order valence-corrected chi connectivity index (χ4v) is 1.56. The summed E-state index contributed by atoms with van der Waals surface area (Å²) < 4.78 is 10.2. The number of rotatable bonds is 2. The van der Waals surface area contributed by atoms with Gasteiger partial charge < -0.3 is 14.5 Å². The number of aromatic nitrogens is 2. The van der Waals surface area contributed by atoms with Gasteiger partial charge in [0.2, 0.25) is 0 Å². The average Bonchev–Trinajstić information content (AvgIpc) is 2.27. The van der Waals surface area contributed by atoms with E-state index in [4.69, 9.17) is 9.47 Å². The van der Waals surface area contributed by atoms with E-state index in [0.29, 0.717) is 22.4 Å². The first-order valence-electron chi connectivity index (χ1n) is 4.54. The summed E-state index contributed by atoms with van der Waals surface area (Å²) in [5, 5.41) is 0.345. The molecular formula is C10H10N2O4. The summed E-state index contributed by atoms with van der Waals surface area (Å²) in [6.45, 7) is 0. The third-order valence-electron chi connectivity index (χ3n) is 2.26. The maximum Gasteiger partial charge on any atom is 0.326 e. The lowest BCUT2D eigenvalue weighted by Crippen LogP contribution is -2.22. The van der Waals surface area contributed by atoms with Crippen LogP contribution in [0.5, 0.6) is 11.5 Å². The second kappa shape index (κ2) is 3.73. The predicted octanol–water partition coefficient (Wildman–Crippen LogP) is 0.234. The normalized spacial score (nSPS) is 10.4. The number of aromatic amines is 2. The summed E-state index contributed by atoms with van der Waals surface area (Å²) >= 11 is 0. The largest absolute Gasteiger partial charge is 0.493 e. The smallest absolute Gasteiger partial charge is 0.326 e. The number of nitrogens with one attached hydrogen (secondary N) is 2. The van der Waals surface area contributed by atoms with Crippen LogP contribution in [0.25, 0.3) is 10.9 Å². The van der Waals surface area contributed by atoms with Crippen molar-refractivity contribution in [3.8, 4) is 11.5 Å². The molecule has 0 aliphatic heterocycles. The van der Waals surface area contributed by atoms with Gasteiger partial charge in [0.25, 0.3) is 5.56 Å². The minimum Gasteiger partial charge on any atom is -0.493 e. The van der Waals surface area contributed by atoms with Gasteiger partial charge in [-0.25, -0.2) is 4.79 Å². The molecule has 0 bridgehead atoms. The van der Waals surface area contributed by atoms with E-state index < -0.39 is 11.2 Å². The molecule has 2 rings (SSSR count). The van der Waals surface area contributed by atoms with Crippen molar-refractivity contribution in [3.05, 3.63) is 33.0 Å². The molecule has 6 nitrogen and oxygen atoms in total. The van der Waals surface area contributed by atoms with Crippen molar-refractivity contribution in [3.63, 3.8) is 0 Å². The summed E-state index contributed by atoms with van der Waals surface area (Å²) in [5.41, 5.74) is -0.709. The molecule has 1 aromatic heterocycles. The molecule has 0 atom stereocenters. The van der Waals surface area contributed by atoms with Crippen molar-refractivity contribution in [2.75, 3.05) is 14.2 Å². The highest BCUT2D eigenvalue weighted by atomic mass is 16.5. The first kappa shape index (κ1) is 10.3. The summed E-state index contributed by atoms with van der Waals surface area (Å²) in [4.78, 5) is 27.3. The number of benzene rings is 1. The predicted molar refractivity (Wildman–Crippen MR) is 58.3 cm³/mol. The minimum atomic E-state index is -0.580. The van der Waals surface area contributed by atoms with Crippen LogP contribution in [0.3, 0.4) is 0 Å². The summed E-state index contributed by atoms with van der Waals surface area (Å²) in [7, 11) is 2.92. The Labute approximate surface area is 89.8 Å². The first-order chi connectivity index (χ1) is 7.67. The van der Waals surface area contributed by atoms with Crippen LogP contribution in [0.1, 0.15) is 0 Å². The third kappa shape index (κ3) is 1.44. The monoisotopic (exact) mass is 222 g/mol. The van der Waals surface area contributed by atoms with Crippen molar-refractivity contribution >= 4 is 10.9 Å². The fourth-order valence-electron chi connectivity index (χ4n) is 1.56. The summed E-state index contributed by atoms with van der Waals surface area (Å²) in [6, 6.07) is 3.17. The van der Waals surface area contributed by atoms with Crippen LogP contribution in [0.4, 0.5) is 0 Å². The second-order valence-electron chi connectivity index (χ2n) is 3.13. The van der Waals surface area contributed by atoms with Gasteiger partial charge in [0.05, 0.1) is 19.6 Å². The highest BCUT2D eigenvalue weighted by Gasteiger charge is 2.11. The SMILES string of the molecule is COc1ccc2c(=O)[nH]c(=O)[nH]c2c1OC. The lowest BCUT2D eigenvalue weighted by Gasteiger charge is -2.09. The van der Waals surface area contributed by atoms with Crippen LogP contribution in [0, 0.1) is 0 Å². The van der Waals surface area contributed by atoms with Crippen molar-refractivity contribution in [2.45, 2.75) is 0 Å². The van der Waals surface area contributed by atoms with Crippen molar-refractivity contribution in [1.29, 1.82) is 0 Å². The van der Waals surface area contributed by atoms with Crippen LogP contribution in [0.2, 0.25) is 0 Å². The van der Waals surface area contributed by atoms with Crippen LogP contribution in [-0.2, 0) is 0 Å². The van der Waals surface area contributed by atoms with Crippen LogP contribution >= 0.6 is 0 Å². The van der Waals surface area contributed by atoms with E-state index in [1.165, 1.54) is 14.2 Å². The Morgan fingerprint density at radius 1 is 1.06 bits per heavy atom. The molecule has 0 aliphatic rings. The molecular weight excluding hydrogens is 212 g/mol. The van der Waals surface area contributed by atoms with E-state index in [0.717, 1.165) is 0 Å². The van der Waals surface area contributed by atoms with Gasteiger partial charge in [-0.2, -0.15) is 0 Å². The maximum absolute atomic E-state index is 11.5. The summed E-state index contributed by atoms with van der Waals surface area (Å²) in [5.74, 6) is 0.791. The quantitative estimate of drug-likeness (QED) is 0.762. The Bertz CT molecular complexity index is 641. The van der Waals surface area contributed by atoms with E-state index in [1.807, 2.05) is 0 Å². The molecule has 0 saturated heterocycles. The fraction of sp³-hybridized carbons (Fsp3) is 0.200. The molecule has 0 fully saturated rings. The van der Waals surface area contributed by atoms with E-state index >= 15 is 0 Å². The molecule has 1 aromatic carbocycles. The lowest BCUT2D eigenvalue weighted by atomic mass is 10.2. The van der Waals surface area contributed by atoms with E-state index in [-0.39, 0.29) is 0 Å². The minimum absolute atomic E-state index is 0.329. The molecule has 0 saturated carbocycles. The topological polar surface area (TPSA) is 84.2 Å². The van der Waals surface area contributed by atoms with Crippen LogP contribution in [0.15, 0.2) is 21.7 Å². The molecule has 0 spiro atoms. The average molecular weight is 222 g/mol. The Morgan fingerprint density at radius 3 is 2.44 bits per heavy atom. The molecule has 6 heteroatoms. The van der Waals surface area contributed by atoms with E-state index in [9.17, 15) is 9.59 Å². The zero-order valence-corrected chi connectivity index (χ0v) is 8.79. The Morgan fingerprint density at radius 2 is 1.81 bits per heavy atom. The molecule has 2 aromatic rings. The van der Waals surface area contributed by atoms with Crippen molar-refractivity contribution < 1.29 is 9.47 Å². The van der Waals surface area contributed by atoms with Gasteiger partial charge in [-0.05, 0) is 12.1 Å². The molecule has 0 aliphatic carbocycles. The second-order valence-corrected chi connectivity index (χ2v) is 3.13. The number of hydrogen-bond donors (Lipinski definition) is 2. The first-order valence-corrected chi connectivity index (χ1v) is 4.54. The molecule has 0 unspecified atom stereocenters. The standard InChI is InChI=1S/C10H10N2O4/c1-15-6-4-3-5-7(8(6)16-2)11-10(14)12-9(5)13/h3-4H,1-2H3,(H2,11,12,13,14). The van der Waals surface area contributed by atoms with Gasteiger partial charge in [0, 0.05) is 0 Å². The summed E-state index contributed by atoms with van der Waals surface area (Å²) in [6.07, 6.45) is 0. The number of H-pyrrole nitrogens is 2. The Balaban J connectivity index is 2.97. The van der Waals surface area contributed by atoms with Gasteiger partial charge in [-0.1, -0.05) is 0 Å². The number of fused-ring (bicyclic) bond motifs is 1. The van der Waals surface area contributed by atoms with Gasteiger partial charge in [-0.15, -0.1) is 0 Å². The van der Waals surface area contributed by atoms with Crippen molar-refractivity contribution in [2.24, 2.45) is 0 Å². The number of hydrogen-bond acceptors (Lipinski definition) is 4. The lowest BCUT2D eigenvalue weighted by molar-refractivity contribution is 0.358. The molecule has 2 N–H and O–H groups in total. The van der Waals surface area contributed by atoms with Gasteiger partial charge >= 0.3 is 5.69 Å². The number of ether oxygens (including phenoxy) is 2. The highest BCUT2D eigenvalue weighted by Crippen LogP contribution is 2.31. The van der Waals surface area contributed by atoms with Gasteiger partial charge in [0.15, 0.2) is 11.5 Å². The van der Waals surface area contributed by atoms with Crippen LogP contribution < -0.4 is 20.7 Å². The molecule has 84 valence electrons. The van der Waals surface area contributed by atoms with E-state index in [2.05, 4.69) is 9.97 Å². The Kier molecular flexibility index (Phi) is 2.40. The maximum atomic E-state index is 11.5. The zero-order chi connectivity index (χ0) is 11.7. The van der Waals surface area contributed by atoms with Gasteiger partial charge in [-0.3, -0.25) is 9.78 Å². The molecule has 0 radical (unpaired) electrons. The van der Waals surface area contributed by atoms with Crippen LogP contribution in [-0.4, -0.2) is 24.2 Å². The Hall–Kier alpha value is -2.24. The highest BCUT2D eigenvalue weighted by molar-refractivity contribution is 5.86. The van der Waals surface area contributed by atoms with Gasteiger partial charge in [0.1, 0.15) is 5.52 Å². The zero-order valence-electron chi connectivity index (χ0n) is 8.79.